The van der Waals surface area contributed by atoms with Crippen LogP contribution in [0.25, 0.3) is 0 Å². The molecule has 10 nitrogen and oxygen atoms in total. The van der Waals surface area contributed by atoms with Crippen LogP contribution in [0, 0.1) is 5.92 Å². The van der Waals surface area contributed by atoms with Gasteiger partial charge in [-0.05, 0) is 49.1 Å². The van der Waals surface area contributed by atoms with Gasteiger partial charge in [-0.3, -0.25) is 9.52 Å². The van der Waals surface area contributed by atoms with Crippen molar-refractivity contribution in [3.05, 3.63) is 42.5 Å². The third kappa shape index (κ3) is 5.90. The number of nitrogens with one attached hydrogen (secondary N) is 3. The molecule has 5 N–H and O–H groups in total. The fourth-order valence-electron chi connectivity index (χ4n) is 3.86. The zero-order valence-electron chi connectivity index (χ0n) is 19.5. The minimum atomic E-state index is -4.04. The van der Waals surface area contributed by atoms with Gasteiger partial charge in [-0.25, -0.2) is 13.2 Å². The van der Waals surface area contributed by atoms with Gasteiger partial charge >= 0.3 is 6.03 Å². The number of hydrogen-bond acceptors (Lipinski definition) is 6. The molecule has 1 aliphatic rings. The van der Waals surface area contributed by atoms with Gasteiger partial charge in [0.05, 0.1) is 18.5 Å². The molecular formula is C23H31N5O5S. The highest BCUT2D eigenvalue weighted by atomic mass is 32.2. The number of primary amides is 1. The highest BCUT2D eigenvalue weighted by Crippen LogP contribution is 2.34. The molecule has 0 unspecified atom stereocenters. The average Bonchev–Trinajstić information content (AvgIpc) is 3.32. The Kier molecular flexibility index (Phi) is 7.87. The largest absolute Gasteiger partial charge is 0.495 e. The van der Waals surface area contributed by atoms with E-state index in [1.54, 1.807) is 50.2 Å². The van der Waals surface area contributed by atoms with Crippen LogP contribution in [0.2, 0.25) is 0 Å². The molecule has 1 saturated heterocycles. The fraction of sp³-hybridized carbons (Fsp3) is 0.391. The molecule has 0 spiro atoms. The van der Waals surface area contributed by atoms with Crippen LogP contribution in [-0.2, 0) is 14.8 Å². The SMILES string of the molecule is COc1ccccc1NS(=O)(=O)c1cc(NC(=O)[C@H](NC(N)=O)C(C)C)ccc1N1CCCC1. The minimum absolute atomic E-state index is 0.0297. The predicted octanol–water partition coefficient (Wildman–Crippen LogP) is 2.73. The molecule has 2 aromatic rings. The van der Waals surface area contributed by atoms with E-state index < -0.39 is 28.0 Å². The van der Waals surface area contributed by atoms with E-state index in [1.807, 2.05) is 4.90 Å². The summed E-state index contributed by atoms with van der Waals surface area (Å²) in [6.45, 7) is 5.01. The third-order valence-corrected chi connectivity index (χ3v) is 6.96. The van der Waals surface area contributed by atoms with Crippen LogP contribution in [0.5, 0.6) is 5.75 Å². The molecule has 0 radical (unpaired) electrons. The first-order chi connectivity index (χ1) is 16.1. The van der Waals surface area contributed by atoms with Crippen LogP contribution < -0.4 is 30.7 Å². The summed E-state index contributed by atoms with van der Waals surface area (Å²) >= 11 is 0. The Hall–Kier alpha value is -3.47. The number of nitrogens with two attached hydrogens (primary N) is 1. The molecule has 0 aliphatic carbocycles. The lowest BCUT2D eigenvalue weighted by molar-refractivity contribution is -0.118. The van der Waals surface area contributed by atoms with Crippen LogP contribution in [0.4, 0.5) is 21.9 Å². The van der Waals surface area contributed by atoms with Crippen molar-refractivity contribution in [3.63, 3.8) is 0 Å². The lowest BCUT2D eigenvalue weighted by Crippen LogP contribution is -2.49. The zero-order valence-corrected chi connectivity index (χ0v) is 20.3. The Balaban J connectivity index is 1.97. The summed E-state index contributed by atoms with van der Waals surface area (Å²) in [6, 6.07) is 9.78. The number of amides is 3. The number of sulfonamides is 1. The Morgan fingerprint density at radius 1 is 1.09 bits per heavy atom. The molecule has 1 atom stereocenters. The minimum Gasteiger partial charge on any atom is -0.495 e. The van der Waals surface area contributed by atoms with E-state index in [1.165, 1.54) is 13.2 Å². The van der Waals surface area contributed by atoms with E-state index in [9.17, 15) is 18.0 Å². The van der Waals surface area contributed by atoms with Crippen LogP contribution in [0.3, 0.4) is 0 Å². The van der Waals surface area contributed by atoms with Gasteiger partial charge in [-0.1, -0.05) is 26.0 Å². The van der Waals surface area contributed by atoms with Gasteiger partial charge in [-0.2, -0.15) is 0 Å². The van der Waals surface area contributed by atoms with Crippen molar-refractivity contribution in [1.82, 2.24) is 5.32 Å². The first kappa shape index (κ1) is 25.2. The maximum absolute atomic E-state index is 13.5. The maximum Gasteiger partial charge on any atom is 0.312 e. The number of carbonyl (C=O) groups excluding carboxylic acids is 2. The fourth-order valence-corrected chi connectivity index (χ4v) is 5.19. The first-order valence-electron chi connectivity index (χ1n) is 11.0. The van der Waals surface area contributed by atoms with Crippen LogP contribution >= 0.6 is 0 Å². The topological polar surface area (TPSA) is 143 Å². The highest BCUT2D eigenvalue weighted by molar-refractivity contribution is 7.93. The number of para-hydroxylation sites is 2. The summed E-state index contributed by atoms with van der Waals surface area (Å²) < 4.78 is 34.9. The molecule has 0 bridgehead atoms. The molecule has 184 valence electrons. The second-order valence-corrected chi connectivity index (χ2v) is 10.1. The van der Waals surface area contributed by atoms with E-state index in [0.29, 0.717) is 17.1 Å². The third-order valence-electron chi connectivity index (χ3n) is 5.56. The second-order valence-electron chi connectivity index (χ2n) is 8.40. The number of hydrogen-bond donors (Lipinski definition) is 4. The number of carbonyl (C=O) groups is 2. The quantitative estimate of drug-likeness (QED) is 0.427. The predicted molar refractivity (Wildman–Crippen MR) is 132 cm³/mol. The van der Waals surface area contributed by atoms with Crippen LogP contribution in [0.15, 0.2) is 47.4 Å². The summed E-state index contributed by atoms with van der Waals surface area (Å²) in [5.41, 5.74) is 6.33. The molecule has 1 aliphatic heterocycles. The van der Waals surface area contributed by atoms with Crippen molar-refractivity contribution >= 4 is 39.0 Å². The number of nitrogens with zero attached hydrogens (tertiary/aromatic N) is 1. The maximum atomic E-state index is 13.5. The second kappa shape index (κ2) is 10.6. The Morgan fingerprint density at radius 2 is 1.76 bits per heavy atom. The van der Waals surface area contributed by atoms with Crippen molar-refractivity contribution in [2.24, 2.45) is 11.7 Å². The molecule has 0 saturated carbocycles. The molecule has 0 aromatic heterocycles. The van der Waals surface area contributed by atoms with Gasteiger partial charge in [0, 0.05) is 18.8 Å². The number of benzene rings is 2. The van der Waals surface area contributed by atoms with E-state index in [0.717, 1.165) is 25.9 Å². The molecule has 3 rings (SSSR count). The van der Waals surface area contributed by atoms with Crippen molar-refractivity contribution in [2.75, 3.05) is 35.1 Å². The van der Waals surface area contributed by atoms with E-state index >= 15 is 0 Å². The van der Waals surface area contributed by atoms with Crippen LogP contribution in [0.1, 0.15) is 26.7 Å². The molecule has 2 aromatic carbocycles. The summed E-state index contributed by atoms with van der Waals surface area (Å²) in [5.74, 6) is -0.342. The summed E-state index contributed by atoms with van der Waals surface area (Å²) in [6.07, 6.45) is 1.93. The van der Waals surface area contributed by atoms with Gasteiger partial charge < -0.3 is 26.0 Å². The zero-order chi connectivity index (χ0) is 24.9. The molecule has 11 heteroatoms. The number of urea groups is 1. The van der Waals surface area contributed by atoms with E-state index in [4.69, 9.17) is 10.5 Å². The Labute approximate surface area is 199 Å². The van der Waals surface area contributed by atoms with Crippen molar-refractivity contribution in [3.8, 4) is 5.75 Å². The molecular weight excluding hydrogens is 458 g/mol. The normalized spacial score (nSPS) is 14.5. The average molecular weight is 490 g/mol. The molecule has 1 fully saturated rings. The van der Waals surface area contributed by atoms with Gasteiger partial charge in [0.15, 0.2) is 0 Å². The van der Waals surface area contributed by atoms with Crippen LogP contribution in [-0.4, -0.2) is 46.6 Å². The van der Waals surface area contributed by atoms with E-state index in [-0.39, 0.29) is 16.5 Å². The summed E-state index contributed by atoms with van der Waals surface area (Å²) in [5, 5.41) is 5.12. The number of rotatable bonds is 9. The number of ether oxygens (including phenoxy) is 1. The lowest BCUT2D eigenvalue weighted by atomic mass is 10.0. The number of methoxy groups -OCH3 is 1. The van der Waals surface area contributed by atoms with Gasteiger partial charge in [0.2, 0.25) is 5.91 Å². The van der Waals surface area contributed by atoms with Gasteiger partial charge in [-0.15, -0.1) is 0 Å². The first-order valence-corrected chi connectivity index (χ1v) is 12.5. The lowest BCUT2D eigenvalue weighted by Gasteiger charge is -2.24. The highest BCUT2D eigenvalue weighted by Gasteiger charge is 2.27. The molecule has 1 heterocycles. The van der Waals surface area contributed by atoms with Gasteiger partial charge in [0.1, 0.15) is 16.7 Å². The van der Waals surface area contributed by atoms with Crippen molar-refractivity contribution < 1.29 is 22.7 Å². The Morgan fingerprint density at radius 3 is 2.38 bits per heavy atom. The smallest absolute Gasteiger partial charge is 0.312 e. The Bertz CT molecular complexity index is 1150. The van der Waals surface area contributed by atoms with Crippen molar-refractivity contribution in [1.29, 1.82) is 0 Å². The monoisotopic (exact) mass is 489 g/mol. The van der Waals surface area contributed by atoms with E-state index in [2.05, 4.69) is 15.4 Å². The summed E-state index contributed by atoms with van der Waals surface area (Å²) in [7, 11) is -2.58. The van der Waals surface area contributed by atoms with Gasteiger partial charge in [0.25, 0.3) is 10.0 Å². The summed E-state index contributed by atoms with van der Waals surface area (Å²) in [4.78, 5) is 26.1. The molecule has 3 amide bonds. The van der Waals surface area contributed by atoms with Crippen molar-refractivity contribution in [2.45, 2.75) is 37.6 Å². The molecule has 34 heavy (non-hydrogen) atoms. The number of anilines is 3. The standard InChI is InChI=1S/C23H31N5O5S/c1-15(2)21(26-23(24)30)22(29)25-16-10-11-18(28-12-6-7-13-28)20(14-16)34(31,32)27-17-8-4-5-9-19(17)33-3/h4-5,8-11,14-15,21,27H,6-7,12-13H2,1-3H3,(H,25,29)(H3,24,26,30)/t21-/m1/s1.